The Morgan fingerprint density at radius 2 is 1.12 bits per heavy atom. The van der Waals surface area contributed by atoms with E-state index >= 15 is 0 Å². The van der Waals surface area contributed by atoms with Gasteiger partial charge in [0.1, 0.15) is 22.5 Å². The van der Waals surface area contributed by atoms with Crippen LogP contribution in [0.1, 0.15) is 16.9 Å². The van der Waals surface area contributed by atoms with Crippen molar-refractivity contribution in [3.05, 3.63) is 151 Å². The molecule has 202 valence electrons. The topological polar surface area (TPSA) is 26.3 Å². The molecule has 2 heterocycles. The molecule has 0 aliphatic rings. The Hall–Kier alpha value is -5.60. The number of hydrogen-bond acceptors (Lipinski definition) is 2. The summed E-state index contributed by atoms with van der Waals surface area (Å²) in [4.78, 5) is 0. The van der Waals surface area contributed by atoms with Gasteiger partial charge in [0.05, 0.1) is 0 Å². The quantitative estimate of drug-likeness (QED) is 0.162. The van der Waals surface area contributed by atoms with Crippen LogP contribution in [0.25, 0.3) is 81.6 Å². The van der Waals surface area contributed by atoms with Gasteiger partial charge in [0, 0.05) is 27.3 Å². The van der Waals surface area contributed by atoms with Crippen LogP contribution in [0.3, 0.4) is 0 Å². The van der Waals surface area contributed by atoms with E-state index in [0.29, 0.717) is 0 Å². The van der Waals surface area contributed by atoms with Crippen LogP contribution in [0.5, 0.6) is 0 Å². The van der Waals surface area contributed by atoms with Gasteiger partial charge in [-0.25, -0.2) is 0 Å². The summed E-state index contributed by atoms with van der Waals surface area (Å²) in [6, 6.07) is 41.1. The lowest BCUT2D eigenvalue weighted by Crippen LogP contribution is -1.89. The SMILES string of the molecule is C=C/C=C(/c1ccc2cc3oc4cc5c6ccccc6c6ccccc6c5cc4c3cc2c1)c1oc2ccccc2c1C. The molecule has 0 unspecified atom stereocenters. The number of rotatable bonds is 3. The first-order chi connectivity index (χ1) is 21.2. The standard InChI is InChI=1S/C41H26O2/c1-3-10-29(41-24(2)28-11-8-9-16-38(28)43-41)26-18-17-25-21-39-36(20-27(25)19-26)37-22-34-32-14-6-4-12-30(32)31-13-5-7-15-33(31)35(34)23-40(37)42-39/h3-23H,1H2,2H3/b29-10-. The monoisotopic (exact) mass is 550 g/mol. The molecule has 0 saturated carbocycles. The summed E-state index contributed by atoms with van der Waals surface area (Å²) in [6.07, 6.45) is 3.87. The second kappa shape index (κ2) is 8.95. The Balaban J connectivity index is 1.29. The highest BCUT2D eigenvalue weighted by atomic mass is 16.3. The van der Waals surface area contributed by atoms with Crippen LogP contribution in [0.4, 0.5) is 0 Å². The maximum Gasteiger partial charge on any atom is 0.138 e. The Labute approximate surface area is 247 Å². The average Bonchev–Trinajstić information content (AvgIpc) is 3.57. The van der Waals surface area contributed by atoms with Crippen LogP contribution >= 0.6 is 0 Å². The Morgan fingerprint density at radius 3 is 1.81 bits per heavy atom. The van der Waals surface area contributed by atoms with Crippen molar-refractivity contribution >= 4 is 81.6 Å². The van der Waals surface area contributed by atoms with E-state index in [9.17, 15) is 0 Å². The number of benzene rings is 7. The fourth-order valence-corrected chi connectivity index (χ4v) is 6.94. The molecule has 0 spiro atoms. The van der Waals surface area contributed by atoms with Crippen molar-refractivity contribution < 1.29 is 8.83 Å². The van der Waals surface area contributed by atoms with Gasteiger partial charge in [-0.05, 0) is 92.0 Å². The highest BCUT2D eigenvalue weighted by Crippen LogP contribution is 2.41. The second-order valence-corrected chi connectivity index (χ2v) is 11.4. The van der Waals surface area contributed by atoms with Crippen molar-refractivity contribution in [1.82, 2.24) is 0 Å². The van der Waals surface area contributed by atoms with Crippen LogP contribution < -0.4 is 0 Å². The fraction of sp³-hybridized carbons (Fsp3) is 0.0244. The lowest BCUT2D eigenvalue weighted by molar-refractivity contribution is 0.597. The van der Waals surface area contributed by atoms with Gasteiger partial charge in [0.25, 0.3) is 0 Å². The van der Waals surface area contributed by atoms with Gasteiger partial charge in [-0.2, -0.15) is 0 Å². The molecule has 0 radical (unpaired) electrons. The summed E-state index contributed by atoms with van der Waals surface area (Å²) in [5, 5.41) is 13.2. The highest BCUT2D eigenvalue weighted by Gasteiger charge is 2.18. The molecule has 0 fully saturated rings. The van der Waals surface area contributed by atoms with Crippen LogP contribution in [0.15, 0.2) is 143 Å². The van der Waals surface area contributed by atoms with E-state index in [-0.39, 0.29) is 0 Å². The average molecular weight is 551 g/mol. The third kappa shape index (κ3) is 3.47. The first-order valence-corrected chi connectivity index (χ1v) is 14.6. The summed E-state index contributed by atoms with van der Waals surface area (Å²) in [7, 11) is 0. The summed E-state index contributed by atoms with van der Waals surface area (Å²) in [5.74, 6) is 0.876. The number of fused-ring (bicyclic) bond motifs is 11. The fourth-order valence-electron chi connectivity index (χ4n) is 6.94. The van der Waals surface area contributed by atoms with Gasteiger partial charge < -0.3 is 8.83 Å². The molecule has 0 amide bonds. The molecule has 0 saturated heterocycles. The van der Waals surface area contributed by atoms with Gasteiger partial charge in [0.15, 0.2) is 0 Å². The smallest absolute Gasteiger partial charge is 0.138 e. The number of furan rings is 2. The van der Waals surface area contributed by atoms with Crippen LogP contribution in [-0.2, 0) is 0 Å². The first-order valence-electron chi connectivity index (χ1n) is 14.6. The largest absolute Gasteiger partial charge is 0.456 e. The molecule has 0 bridgehead atoms. The van der Waals surface area contributed by atoms with Crippen molar-refractivity contribution in [2.75, 3.05) is 0 Å². The van der Waals surface area contributed by atoms with E-state index in [2.05, 4.69) is 117 Å². The minimum Gasteiger partial charge on any atom is -0.456 e. The third-order valence-corrected chi connectivity index (χ3v) is 8.98. The van der Waals surface area contributed by atoms with Crippen molar-refractivity contribution in [2.45, 2.75) is 6.92 Å². The van der Waals surface area contributed by atoms with E-state index < -0.39 is 0 Å². The normalized spacial score (nSPS) is 12.5. The summed E-state index contributed by atoms with van der Waals surface area (Å²) in [5.41, 5.74) is 5.94. The van der Waals surface area contributed by atoms with Crippen molar-refractivity contribution in [2.24, 2.45) is 0 Å². The van der Waals surface area contributed by atoms with E-state index in [1.807, 2.05) is 24.3 Å². The zero-order chi connectivity index (χ0) is 28.7. The van der Waals surface area contributed by atoms with Gasteiger partial charge in [-0.3, -0.25) is 0 Å². The predicted molar refractivity (Wildman–Crippen MR) is 182 cm³/mol. The van der Waals surface area contributed by atoms with Crippen LogP contribution in [0, 0.1) is 6.92 Å². The highest BCUT2D eigenvalue weighted by molar-refractivity contribution is 6.28. The third-order valence-electron chi connectivity index (χ3n) is 8.98. The molecule has 7 aromatic carbocycles. The predicted octanol–water partition coefficient (Wildman–Crippen LogP) is 11.9. The Morgan fingerprint density at radius 1 is 0.512 bits per heavy atom. The zero-order valence-corrected chi connectivity index (χ0v) is 23.6. The molecule has 0 aliphatic carbocycles. The molecular weight excluding hydrogens is 524 g/mol. The molecular formula is C41H26O2. The van der Waals surface area contributed by atoms with Crippen LogP contribution in [0.2, 0.25) is 0 Å². The first kappa shape index (κ1) is 24.0. The number of hydrogen-bond donors (Lipinski definition) is 0. The molecule has 0 aliphatic heterocycles. The maximum absolute atomic E-state index is 6.52. The zero-order valence-electron chi connectivity index (χ0n) is 23.6. The summed E-state index contributed by atoms with van der Waals surface area (Å²) >= 11 is 0. The van der Waals surface area contributed by atoms with Crippen molar-refractivity contribution in [3.8, 4) is 0 Å². The maximum atomic E-state index is 6.52. The molecule has 2 nitrogen and oxygen atoms in total. The van der Waals surface area contributed by atoms with E-state index in [1.54, 1.807) is 0 Å². The van der Waals surface area contributed by atoms with Gasteiger partial charge in [-0.1, -0.05) is 97.6 Å². The lowest BCUT2D eigenvalue weighted by Gasteiger charge is -2.10. The number of para-hydroxylation sites is 1. The Kier molecular flexibility index (Phi) is 5.00. The number of aryl methyl sites for hydroxylation is 1. The van der Waals surface area contributed by atoms with Crippen LogP contribution in [-0.4, -0.2) is 0 Å². The second-order valence-electron chi connectivity index (χ2n) is 11.4. The summed E-state index contributed by atoms with van der Waals surface area (Å²) < 4.78 is 12.9. The molecule has 9 rings (SSSR count). The van der Waals surface area contributed by atoms with Gasteiger partial charge >= 0.3 is 0 Å². The van der Waals surface area contributed by atoms with E-state index in [4.69, 9.17) is 8.83 Å². The molecule has 9 aromatic rings. The lowest BCUT2D eigenvalue weighted by atomic mass is 9.93. The van der Waals surface area contributed by atoms with Crippen molar-refractivity contribution in [3.63, 3.8) is 0 Å². The minimum atomic E-state index is 0.876. The molecule has 2 aromatic heterocycles. The summed E-state index contributed by atoms with van der Waals surface area (Å²) in [6.45, 7) is 6.12. The minimum absolute atomic E-state index is 0.876. The molecule has 0 N–H and O–H groups in total. The molecule has 2 heteroatoms. The molecule has 0 atom stereocenters. The van der Waals surface area contributed by atoms with Crippen molar-refractivity contribution in [1.29, 1.82) is 0 Å². The van der Waals surface area contributed by atoms with Gasteiger partial charge in [-0.15, -0.1) is 0 Å². The Bertz CT molecular complexity index is 2640. The molecule has 43 heavy (non-hydrogen) atoms. The van der Waals surface area contributed by atoms with Gasteiger partial charge in [0.2, 0.25) is 0 Å². The van der Waals surface area contributed by atoms with E-state index in [1.165, 1.54) is 32.3 Å². The van der Waals surface area contributed by atoms with E-state index in [0.717, 1.165) is 66.1 Å². The number of allylic oxidation sites excluding steroid dienone is 2.